The number of sulfone groups is 1. The lowest BCUT2D eigenvalue weighted by Gasteiger charge is -2.16. The van der Waals surface area contributed by atoms with Crippen molar-refractivity contribution in [3.8, 4) is 0 Å². The van der Waals surface area contributed by atoms with Gasteiger partial charge in [0.2, 0.25) is 10.0 Å². The molecule has 0 bridgehead atoms. The van der Waals surface area contributed by atoms with Crippen molar-refractivity contribution in [2.75, 3.05) is 12.8 Å². The first-order valence-electron chi connectivity index (χ1n) is 6.20. The zero-order valence-electron chi connectivity index (χ0n) is 12.0. The fraction of sp³-hybridized carbons (Fsp3) is 0.500. The van der Waals surface area contributed by atoms with Crippen LogP contribution in [0.4, 0.5) is 4.39 Å². The molecular weight excluding hydrogens is 319 g/mol. The summed E-state index contributed by atoms with van der Waals surface area (Å²) in [7, 11) is -7.80. The summed E-state index contributed by atoms with van der Waals surface area (Å²) in [6.45, 7) is 3.58. The Morgan fingerprint density at radius 1 is 1.24 bits per heavy atom. The molecule has 6 nitrogen and oxygen atoms in total. The molecule has 0 amide bonds. The number of halogens is 1. The van der Waals surface area contributed by atoms with Crippen LogP contribution in [0, 0.1) is 11.7 Å². The maximum atomic E-state index is 13.7. The van der Waals surface area contributed by atoms with Gasteiger partial charge in [-0.15, -0.1) is 0 Å². The zero-order chi connectivity index (χ0) is 16.4. The van der Waals surface area contributed by atoms with E-state index in [-0.39, 0.29) is 17.4 Å². The van der Waals surface area contributed by atoms with Gasteiger partial charge in [-0.05, 0) is 24.1 Å². The number of rotatable bonds is 6. The van der Waals surface area contributed by atoms with Gasteiger partial charge in [0.1, 0.15) is 10.7 Å². The van der Waals surface area contributed by atoms with Gasteiger partial charge < -0.3 is 5.73 Å². The Morgan fingerprint density at radius 2 is 1.81 bits per heavy atom. The molecule has 0 saturated carbocycles. The van der Waals surface area contributed by atoms with Crippen LogP contribution in [0.5, 0.6) is 0 Å². The number of sulfonamides is 1. The topological polar surface area (TPSA) is 106 Å². The van der Waals surface area contributed by atoms with Crippen LogP contribution in [0.3, 0.4) is 0 Å². The molecule has 120 valence electrons. The van der Waals surface area contributed by atoms with Crippen molar-refractivity contribution in [1.82, 2.24) is 4.72 Å². The average Bonchev–Trinajstić information content (AvgIpc) is 2.34. The Balaban J connectivity index is 3.14. The molecule has 0 heterocycles. The molecule has 0 aromatic heterocycles. The van der Waals surface area contributed by atoms with Crippen LogP contribution in [0.15, 0.2) is 28.0 Å². The van der Waals surface area contributed by atoms with Gasteiger partial charge in [0.05, 0.1) is 4.90 Å². The molecular formula is C12H19FN2O4S2. The van der Waals surface area contributed by atoms with Crippen LogP contribution < -0.4 is 10.5 Å². The van der Waals surface area contributed by atoms with Crippen molar-refractivity contribution in [2.45, 2.75) is 29.7 Å². The first-order valence-corrected chi connectivity index (χ1v) is 9.57. The quantitative estimate of drug-likeness (QED) is 0.734. The first-order chi connectivity index (χ1) is 9.45. The van der Waals surface area contributed by atoms with Gasteiger partial charge in [-0.1, -0.05) is 13.8 Å². The molecule has 0 spiro atoms. The van der Waals surface area contributed by atoms with E-state index < -0.39 is 36.6 Å². The van der Waals surface area contributed by atoms with Crippen LogP contribution in [0.1, 0.15) is 13.8 Å². The van der Waals surface area contributed by atoms with Gasteiger partial charge in [-0.2, -0.15) is 0 Å². The molecule has 1 unspecified atom stereocenters. The summed E-state index contributed by atoms with van der Waals surface area (Å²) in [5.74, 6) is -0.979. The van der Waals surface area contributed by atoms with Crippen molar-refractivity contribution in [2.24, 2.45) is 11.7 Å². The Morgan fingerprint density at radius 3 is 2.29 bits per heavy atom. The molecule has 0 radical (unpaired) electrons. The highest BCUT2D eigenvalue weighted by molar-refractivity contribution is 7.91. The summed E-state index contributed by atoms with van der Waals surface area (Å²) in [6.07, 6.45) is 0.915. The number of hydrogen-bond donors (Lipinski definition) is 2. The van der Waals surface area contributed by atoms with Gasteiger partial charge in [0.25, 0.3) is 0 Å². The van der Waals surface area contributed by atoms with E-state index in [9.17, 15) is 21.2 Å². The second-order valence-electron chi connectivity index (χ2n) is 5.12. The third-order valence-corrected chi connectivity index (χ3v) is 5.53. The van der Waals surface area contributed by atoms with Crippen LogP contribution in [-0.4, -0.2) is 35.7 Å². The molecule has 0 aliphatic rings. The molecule has 0 fully saturated rings. The number of nitrogens with one attached hydrogen (secondary N) is 1. The minimum Gasteiger partial charge on any atom is -0.326 e. The molecule has 1 atom stereocenters. The van der Waals surface area contributed by atoms with Gasteiger partial charge in [0.15, 0.2) is 9.84 Å². The van der Waals surface area contributed by atoms with E-state index in [0.717, 1.165) is 24.5 Å². The van der Waals surface area contributed by atoms with Gasteiger partial charge in [0, 0.05) is 18.8 Å². The van der Waals surface area contributed by atoms with Crippen LogP contribution in [0.25, 0.3) is 0 Å². The maximum Gasteiger partial charge on any atom is 0.243 e. The molecule has 1 rings (SSSR count). The second kappa shape index (κ2) is 6.39. The summed E-state index contributed by atoms with van der Waals surface area (Å²) in [4.78, 5) is -0.973. The minimum atomic E-state index is -4.17. The van der Waals surface area contributed by atoms with E-state index in [1.54, 1.807) is 0 Å². The van der Waals surface area contributed by atoms with Gasteiger partial charge in [-0.3, -0.25) is 0 Å². The SMILES string of the molecule is CC(C)C(N)CNS(=O)(=O)c1cc(S(C)(=O)=O)ccc1F. The van der Waals surface area contributed by atoms with Crippen molar-refractivity contribution >= 4 is 19.9 Å². The summed E-state index contributed by atoms with van der Waals surface area (Å²) in [5, 5.41) is 0. The van der Waals surface area contributed by atoms with Crippen molar-refractivity contribution < 1.29 is 21.2 Å². The largest absolute Gasteiger partial charge is 0.326 e. The number of nitrogens with two attached hydrogens (primary N) is 1. The maximum absolute atomic E-state index is 13.7. The molecule has 1 aromatic rings. The zero-order valence-corrected chi connectivity index (χ0v) is 13.6. The molecule has 0 saturated heterocycles. The summed E-state index contributed by atoms with van der Waals surface area (Å²) in [6, 6.07) is 2.20. The van der Waals surface area contributed by atoms with E-state index in [1.807, 2.05) is 13.8 Å². The predicted octanol–water partition coefficient (Wildman–Crippen LogP) is 0.491. The molecule has 21 heavy (non-hydrogen) atoms. The smallest absolute Gasteiger partial charge is 0.243 e. The highest BCUT2D eigenvalue weighted by Gasteiger charge is 2.22. The highest BCUT2D eigenvalue weighted by Crippen LogP contribution is 2.19. The van der Waals surface area contributed by atoms with Gasteiger partial charge >= 0.3 is 0 Å². The summed E-state index contributed by atoms with van der Waals surface area (Å²) < 4.78 is 62.8. The van der Waals surface area contributed by atoms with Crippen molar-refractivity contribution in [3.63, 3.8) is 0 Å². The van der Waals surface area contributed by atoms with Gasteiger partial charge in [-0.25, -0.2) is 25.9 Å². The van der Waals surface area contributed by atoms with E-state index in [2.05, 4.69) is 4.72 Å². The molecule has 0 aliphatic heterocycles. The number of hydrogen-bond acceptors (Lipinski definition) is 5. The Labute approximate surface area is 124 Å². The lowest BCUT2D eigenvalue weighted by atomic mass is 10.1. The lowest BCUT2D eigenvalue weighted by Crippen LogP contribution is -2.40. The first kappa shape index (κ1) is 18.0. The van der Waals surface area contributed by atoms with E-state index >= 15 is 0 Å². The van der Waals surface area contributed by atoms with Crippen LogP contribution >= 0.6 is 0 Å². The molecule has 3 N–H and O–H groups in total. The van der Waals surface area contributed by atoms with Crippen LogP contribution in [0.2, 0.25) is 0 Å². The lowest BCUT2D eigenvalue weighted by molar-refractivity contribution is 0.480. The van der Waals surface area contributed by atoms with Crippen molar-refractivity contribution in [3.05, 3.63) is 24.0 Å². The van der Waals surface area contributed by atoms with Crippen molar-refractivity contribution in [1.29, 1.82) is 0 Å². The molecule has 1 aromatic carbocycles. The monoisotopic (exact) mass is 338 g/mol. The predicted molar refractivity (Wildman–Crippen MR) is 77.5 cm³/mol. The highest BCUT2D eigenvalue weighted by atomic mass is 32.2. The standard InChI is InChI=1S/C12H19FN2O4S2/c1-8(2)11(14)7-15-21(18,19)12-6-9(20(3,16)17)4-5-10(12)13/h4-6,8,11,15H,7,14H2,1-3H3. The van der Waals surface area contributed by atoms with Crippen LogP contribution in [-0.2, 0) is 19.9 Å². The molecule has 0 aliphatic carbocycles. The normalized spacial score (nSPS) is 14.4. The minimum absolute atomic E-state index is 0.0416. The fourth-order valence-electron chi connectivity index (χ4n) is 1.44. The second-order valence-corrected chi connectivity index (χ2v) is 8.88. The third kappa shape index (κ3) is 4.73. The Bertz CT molecular complexity index is 715. The summed E-state index contributed by atoms with van der Waals surface area (Å²) in [5.41, 5.74) is 5.72. The third-order valence-electron chi connectivity index (χ3n) is 2.99. The van der Waals surface area contributed by atoms with E-state index in [0.29, 0.717) is 0 Å². The number of benzene rings is 1. The Kier molecular flexibility index (Phi) is 5.48. The van der Waals surface area contributed by atoms with E-state index in [1.165, 1.54) is 0 Å². The molecule has 9 heteroatoms. The average molecular weight is 338 g/mol. The summed E-state index contributed by atoms with van der Waals surface area (Å²) >= 11 is 0. The van der Waals surface area contributed by atoms with E-state index in [4.69, 9.17) is 5.73 Å². The Hall–Kier alpha value is -1.03. The fourth-order valence-corrected chi connectivity index (χ4v) is 3.34.